The summed E-state index contributed by atoms with van der Waals surface area (Å²) in [5.74, 6) is -0.305. The molecule has 0 aliphatic heterocycles. The average Bonchev–Trinajstić information content (AvgIpc) is 3.15. The summed E-state index contributed by atoms with van der Waals surface area (Å²) >= 11 is 0. The summed E-state index contributed by atoms with van der Waals surface area (Å²) in [5, 5.41) is 11.9. The third-order valence-electron chi connectivity index (χ3n) is 4.63. The molecule has 1 saturated carbocycles. The van der Waals surface area contributed by atoms with Gasteiger partial charge in [0, 0.05) is 18.7 Å². The molecule has 2 aromatic rings. The Hall–Kier alpha value is -2.77. The van der Waals surface area contributed by atoms with Crippen LogP contribution in [0.5, 0.6) is 0 Å². The van der Waals surface area contributed by atoms with E-state index in [9.17, 15) is 9.59 Å². The number of hydrogen-bond donors (Lipinski definition) is 0. The third-order valence-corrected chi connectivity index (χ3v) is 4.63. The molecule has 26 heavy (non-hydrogen) atoms. The smallest absolute Gasteiger partial charge is 0.330 e. The van der Waals surface area contributed by atoms with Crippen LogP contribution in [-0.4, -0.2) is 56.7 Å². The van der Waals surface area contributed by atoms with Gasteiger partial charge in [0.05, 0.1) is 0 Å². The quantitative estimate of drug-likeness (QED) is 0.731. The van der Waals surface area contributed by atoms with Gasteiger partial charge in [0.2, 0.25) is 5.82 Å². The molecule has 0 saturated heterocycles. The summed E-state index contributed by atoms with van der Waals surface area (Å²) in [5.41, 5.74) is 0.816. The van der Waals surface area contributed by atoms with E-state index < -0.39 is 5.97 Å². The van der Waals surface area contributed by atoms with Crippen LogP contribution in [0.15, 0.2) is 30.3 Å². The van der Waals surface area contributed by atoms with Gasteiger partial charge in [0.15, 0.2) is 13.2 Å². The minimum atomic E-state index is -0.563. The van der Waals surface area contributed by atoms with E-state index in [-0.39, 0.29) is 25.1 Å². The van der Waals surface area contributed by atoms with Crippen LogP contribution >= 0.6 is 0 Å². The Morgan fingerprint density at radius 1 is 1.19 bits per heavy atom. The Morgan fingerprint density at radius 2 is 1.92 bits per heavy atom. The van der Waals surface area contributed by atoms with Crippen LogP contribution in [0.1, 0.15) is 32.1 Å². The number of esters is 1. The summed E-state index contributed by atoms with van der Waals surface area (Å²) in [6.45, 7) is -0.438. The van der Waals surface area contributed by atoms with Gasteiger partial charge in [-0.25, -0.2) is 4.79 Å². The summed E-state index contributed by atoms with van der Waals surface area (Å²) in [6.07, 6.45) is 5.54. The van der Waals surface area contributed by atoms with Crippen LogP contribution in [0.25, 0.3) is 11.4 Å². The van der Waals surface area contributed by atoms with Crippen LogP contribution in [0.3, 0.4) is 0 Å². The van der Waals surface area contributed by atoms with Crippen molar-refractivity contribution >= 4 is 11.9 Å². The normalized spacial score (nSPS) is 14.8. The first-order chi connectivity index (χ1) is 12.6. The number of benzene rings is 1. The molecular formula is C18H23N5O3. The molecule has 1 heterocycles. The maximum Gasteiger partial charge on any atom is 0.330 e. The van der Waals surface area contributed by atoms with Crippen molar-refractivity contribution in [3.05, 3.63) is 30.3 Å². The fraction of sp³-hybridized carbons (Fsp3) is 0.500. The Bertz CT molecular complexity index is 740. The van der Waals surface area contributed by atoms with Crippen LogP contribution < -0.4 is 0 Å². The van der Waals surface area contributed by atoms with E-state index in [0.717, 1.165) is 31.2 Å². The van der Waals surface area contributed by atoms with Gasteiger partial charge in [-0.05, 0) is 18.1 Å². The minimum Gasteiger partial charge on any atom is -0.454 e. The Morgan fingerprint density at radius 3 is 2.65 bits per heavy atom. The number of hydrogen-bond acceptors (Lipinski definition) is 6. The molecule has 1 aliphatic rings. The number of likely N-dealkylation sites (N-methyl/N-ethyl adjacent to an activating group) is 1. The monoisotopic (exact) mass is 357 g/mol. The molecule has 0 unspecified atom stereocenters. The largest absolute Gasteiger partial charge is 0.454 e. The van der Waals surface area contributed by atoms with Gasteiger partial charge >= 0.3 is 5.97 Å². The van der Waals surface area contributed by atoms with Crippen molar-refractivity contribution in [3.8, 4) is 11.4 Å². The minimum absolute atomic E-state index is 0.179. The number of tetrazole rings is 1. The Labute approximate surface area is 152 Å². The lowest BCUT2D eigenvalue weighted by atomic mass is 9.94. The van der Waals surface area contributed by atoms with Gasteiger partial charge in [0.25, 0.3) is 5.91 Å². The lowest BCUT2D eigenvalue weighted by molar-refractivity contribution is -0.153. The molecule has 0 radical (unpaired) electrons. The summed E-state index contributed by atoms with van der Waals surface area (Å²) < 4.78 is 5.08. The molecule has 1 aliphatic carbocycles. The molecule has 138 valence electrons. The van der Waals surface area contributed by atoms with Gasteiger partial charge in [-0.3, -0.25) is 4.79 Å². The van der Waals surface area contributed by atoms with Gasteiger partial charge in [-0.2, -0.15) is 4.80 Å². The maximum atomic E-state index is 12.2. The van der Waals surface area contributed by atoms with Crippen molar-refractivity contribution in [2.45, 2.75) is 44.7 Å². The molecule has 0 bridgehead atoms. The highest BCUT2D eigenvalue weighted by atomic mass is 16.5. The number of amides is 1. The fourth-order valence-corrected chi connectivity index (χ4v) is 3.09. The first kappa shape index (κ1) is 18.0. The second kappa shape index (κ2) is 8.55. The second-order valence-corrected chi connectivity index (χ2v) is 6.47. The molecule has 0 N–H and O–H groups in total. The van der Waals surface area contributed by atoms with Crippen LogP contribution in [0.2, 0.25) is 0 Å². The Kier molecular flexibility index (Phi) is 5.93. The highest BCUT2D eigenvalue weighted by Gasteiger charge is 2.23. The SMILES string of the molecule is CN(C(=O)COC(=O)Cn1nnc(-c2ccccc2)n1)C1CCCCC1. The zero-order valence-corrected chi connectivity index (χ0v) is 14.9. The standard InChI is InChI=1S/C18H23N5O3/c1-22(15-10-6-3-7-11-15)16(24)13-26-17(25)12-23-20-18(19-21-23)14-8-4-2-5-9-14/h2,4-5,8-9,15H,3,6-7,10-13H2,1H3. The van der Waals surface area contributed by atoms with Crippen LogP contribution in [0.4, 0.5) is 0 Å². The molecule has 8 heteroatoms. The molecule has 3 rings (SSSR count). The number of carbonyl (C=O) groups excluding carboxylic acids is 2. The zero-order valence-electron chi connectivity index (χ0n) is 14.9. The lowest BCUT2D eigenvalue weighted by Gasteiger charge is -2.31. The van der Waals surface area contributed by atoms with Gasteiger partial charge in [0.1, 0.15) is 0 Å². The van der Waals surface area contributed by atoms with Crippen molar-refractivity contribution in [1.29, 1.82) is 0 Å². The molecule has 1 aromatic heterocycles. The Balaban J connectivity index is 1.47. The van der Waals surface area contributed by atoms with Crippen molar-refractivity contribution in [3.63, 3.8) is 0 Å². The number of aromatic nitrogens is 4. The average molecular weight is 357 g/mol. The van der Waals surface area contributed by atoms with Gasteiger partial charge in [-0.1, -0.05) is 49.6 Å². The number of carbonyl (C=O) groups is 2. The van der Waals surface area contributed by atoms with Gasteiger partial charge < -0.3 is 9.64 Å². The van der Waals surface area contributed by atoms with Gasteiger partial charge in [-0.15, -0.1) is 10.2 Å². The summed E-state index contributed by atoms with van der Waals surface area (Å²) in [7, 11) is 1.78. The third kappa shape index (κ3) is 4.65. The summed E-state index contributed by atoms with van der Waals surface area (Å²) in [6, 6.07) is 9.61. The van der Waals surface area contributed by atoms with E-state index >= 15 is 0 Å². The molecule has 0 atom stereocenters. The number of ether oxygens (including phenoxy) is 1. The molecular weight excluding hydrogens is 334 g/mol. The molecule has 1 amide bonds. The van der Waals surface area contributed by atoms with Crippen LogP contribution in [-0.2, 0) is 20.9 Å². The summed E-state index contributed by atoms with van der Waals surface area (Å²) in [4.78, 5) is 27.0. The van der Waals surface area contributed by atoms with E-state index in [2.05, 4.69) is 15.4 Å². The predicted octanol–water partition coefficient (Wildman–Crippen LogP) is 1.67. The van der Waals surface area contributed by atoms with E-state index in [0.29, 0.717) is 5.82 Å². The maximum absolute atomic E-state index is 12.2. The molecule has 8 nitrogen and oxygen atoms in total. The van der Waals surface area contributed by atoms with Crippen molar-refractivity contribution in [2.75, 3.05) is 13.7 Å². The highest BCUT2D eigenvalue weighted by Crippen LogP contribution is 2.21. The van der Waals surface area contributed by atoms with E-state index in [1.807, 2.05) is 30.3 Å². The first-order valence-electron chi connectivity index (χ1n) is 8.88. The number of rotatable bonds is 6. The number of nitrogens with zero attached hydrogens (tertiary/aromatic N) is 5. The molecule has 1 aromatic carbocycles. The lowest BCUT2D eigenvalue weighted by Crippen LogP contribution is -2.40. The topological polar surface area (TPSA) is 90.2 Å². The van der Waals surface area contributed by atoms with E-state index in [1.54, 1.807) is 11.9 Å². The molecule has 0 spiro atoms. The predicted molar refractivity (Wildman–Crippen MR) is 93.9 cm³/mol. The zero-order chi connectivity index (χ0) is 18.4. The van der Waals surface area contributed by atoms with Crippen molar-refractivity contribution < 1.29 is 14.3 Å². The van der Waals surface area contributed by atoms with Crippen molar-refractivity contribution in [2.24, 2.45) is 0 Å². The van der Waals surface area contributed by atoms with Crippen molar-refractivity contribution in [1.82, 2.24) is 25.1 Å². The first-order valence-corrected chi connectivity index (χ1v) is 8.88. The second-order valence-electron chi connectivity index (χ2n) is 6.47. The molecule has 1 fully saturated rings. The van der Waals surface area contributed by atoms with E-state index in [4.69, 9.17) is 4.74 Å². The van der Waals surface area contributed by atoms with E-state index in [1.165, 1.54) is 11.2 Å². The fourth-order valence-electron chi connectivity index (χ4n) is 3.09. The van der Waals surface area contributed by atoms with Crippen LogP contribution in [0, 0.1) is 0 Å². The highest BCUT2D eigenvalue weighted by molar-refractivity contribution is 5.80.